The van der Waals surface area contributed by atoms with Crippen molar-refractivity contribution >= 4 is 97.3 Å². The summed E-state index contributed by atoms with van der Waals surface area (Å²) in [6, 6.07) is 79.6. The number of nitrogens with zero attached hydrogens (tertiary/aromatic N) is 3. The molecule has 10 aromatic carbocycles. The lowest BCUT2D eigenvalue weighted by molar-refractivity contribution is 0.669. The SMILES string of the molecule is c1ccc(-n2c3ccccc3c3cc(-c4ccc5sc6c(-c7ccc(-c8cccc9c8oc8ccccc89)cc7)nc(-c7ccc(-c8cccc9c8oc8ccccc89)cc7)nc6c5c4)ccc32)cc1. The van der Waals surface area contributed by atoms with Crippen molar-refractivity contribution in [2.24, 2.45) is 0 Å². The van der Waals surface area contributed by atoms with Crippen LogP contribution in [-0.2, 0) is 0 Å². The predicted molar refractivity (Wildman–Crippen MR) is 291 cm³/mol. The number of rotatable bonds is 6. The lowest BCUT2D eigenvalue weighted by Crippen LogP contribution is -1.94. The van der Waals surface area contributed by atoms with Gasteiger partial charge in [0.25, 0.3) is 0 Å². The van der Waals surface area contributed by atoms with Crippen molar-refractivity contribution in [1.82, 2.24) is 14.5 Å². The van der Waals surface area contributed by atoms with E-state index in [9.17, 15) is 0 Å². The van der Waals surface area contributed by atoms with Crippen LogP contribution in [-0.4, -0.2) is 14.5 Å². The van der Waals surface area contributed by atoms with E-state index in [1.54, 1.807) is 11.3 Å². The third-order valence-corrected chi connectivity index (χ3v) is 15.2. The van der Waals surface area contributed by atoms with Crippen LogP contribution in [0.2, 0.25) is 0 Å². The minimum atomic E-state index is 0.673. The molecule has 0 spiro atoms. The lowest BCUT2D eigenvalue weighted by atomic mass is 9.99. The Hall–Kier alpha value is -9.10. The molecule has 0 atom stereocenters. The highest BCUT2D eigenvalue weighted by molar-refractivity contribution is 7.26. The van der Waals surface area contributed by atoms with Gasteiger partial charge in [0, 0.05) is 70.3 Å². The first-order valence-electron chi connectivity index (χ1n) is 23.5. The van der Waals surface area contributed by atoms with E-state index in [0.29, 0.717) is 5.82 Å². The van der Waals surface area contributed by atoms with Gasteiger partial charge in [0.2, 0.25) is 0 Å². The Morgan fingerprint density at radius 2 is 0.871 bits per heavy atom. The van der Waals surface area contributed by atoms with E-state index in [4.69, 9.17) is 18.8 Å². The maximum absolute atomic E-state index is 6.46. The average molecular weight is 912 g/mol. The van der Waals surface area contributed by atoms with Crippen LogP contribution in [0.25, 0.3) is 148 Å². The molecule has 0 fully saturated rings. The van der Waals surface area contributed by atoms with E-state index in [1.807, 2.05) is 24.3 Å². The molecule has 70 heavy (non-hydrogen) atoms. The number of hydrogen-bond acceptors (Lipinski definition) is 5. The van der Waals surface area contributed by atoms with Gasteiger partial charge in [-0.1, -0.05) is 170 Å². The Balaban J connectivity index is 0.882. The van der Waals surface area contributed by atoms with Crippen molar-refractivity contribution in [3.05, 3.63) is 224 Å². The second kappa shape index (κ2) is 15.2. The summed E-state index contributed by atoms with van der Waals surface area (Å²) in [7, 11) is 0. The number of fused-ring (bicyclic) bond motifs is 12. The largest absolute Gasteiger partial charge is 0.455 e. The first-order chi connectivity index (χ1) is 34.7. The van der Waals surface area contributed by atoms with Crippen molar-refractivity contribution in [2.75, 3.05) is 0 Å². The fourth-order valence-corrected chi connectivity index (χ4v) is 11.8. The molecule has 5 nitrogen and oxygen atoms in total. The van der Waals surface area contributed by atoms with Gasteiger partial charge < -0.3 is 13.4 Å². The number of para-hydroxylation sites is 6. The average Bonchev–Trinajstić information content (AvgIpc) is 4.20. The van der Waals surface area contributed by atoms with Crippen LogP contribution in [0.4, 0.5) is 0 Å². The molecule has 0 aliphatic carbocycles. The van der Waals surface area contributed by atoms with Crippen molar-refractivity contribution < 1.29 is 8.83 Å². The maximum atomic E-state index is 6.46. The quantitative estimate of drug-likeness (QED) is 0.167. The molecule has 6 heteroatoms. The summed E-state index contributed by atoms with van der Waals surface area (Å²) >= 11 is 1.75. The normalized spacial score (nSPS) is 12.0. The first kappa shape index (κ1) is 38.9. The molecule has 0 saturated carbocycles. The Morgan fingerprint density at radius 1 is 0.357 bits per heavy atom. The van der Waals surface area contributed by atoms with E-state index < -0.39 is 0 Å². The van der Waals surface area contributed by atoms with Crippen molar-refractivity contribution in [2.45, 2.75) is 0 Å². The first-order valence-corrected chi connectivity index (χ1v) is 24.4. The highest BCUT2D eigenvalue weighted by atomic mass is 32.1. The van der Waals surface area contributed by atoms with Gasteiger partial charge in [-0.25, -0.2) is 9.97 Å². The summed E-state index contributed by atoms with van der Waals surface area (Å²) in [5.74, 6) is 0.673. The summed E-state index contributed by atoms with van der Waals surface area (Å²) in [6.45, 7) is 0. The Labute approximate surface area is 404 Å². The topological polar surface area (TPSA) is 57.0 Å². The highest BCUT2D eigenvalue weighted by Gasteiger charge is 2.20. The van der Waals surface area contributed by atoms with Crippen LogP contribution in [0.1, 0.15) is 0 Å². The molecule has 5 aromatic heterocycles. The van der Waals surface area contributed by atoms with Crippen LogP contribution < -0.4 is 0 Å². The summed E-state index contributed by atoms with van der Waals surface area (Å²) in [5.41, 5.74) is 17.4. The molecule has 0 aliphatic heterocycles. The second-order valence-electron chi connectivity index (χ2n) is 18.0. The smallest absolute Gasteiger partial charge is 0.160 e. The van der Waals surface area contributed by atoms with Gasteiger partial charge in [-0.3, -0.25) is 0 Å². The van der Waals surface area contributed by atoms with Crippen molar-refractivity contribution in [1.29, 1.82) is 0 Å². The zero-order valence-corrected chi connectivity index (χ0v) is 38.2. The van der Waals surface area contributed by atoms with Gasteiger partial charge in [0.05, 0.1) is 26.9 Å². The minimum absolute atomic E-state index is 0.673. The van der Waals surface area contributed by atoms with Crippen LogP contribution in [0.15, 0.2) is 233 Å². The fraction of sp³-hybridized carbons (Fsp3) is 0. The minimum Gasteiger partial charge on any atom is -0.455 e. The number of benzene rings is 10. The zero-order valence-electron chi connectivity index (χ0n) is 37.4. The third-order valence-electron chi connectivity index (χ3n) is 14.1. The molecular formula is C64H37N3O2S. The van der Waals surface area contributed by atoms with E-state index in [2.05, 4.69) is 205 Å². The highest BCUT2D eigenvalue weighted by Crippen LogP contribution is 2.44. The summed E-state index contributed by atoms with van der Waals surface area (Å²) in [4.78, 5) is 10.9. The second-order valence-corrected chi connectivity index (χ2v) is 19.1. The van der Waals surface area contributed by atoms with E-state index in [0.717, 1.165) is 120 Å². The molecule has 0 amide bonds. The van der Waals surface area contributed by atoms with Crippen molar-refractivity contribution in [3.8, 4) is 61.7 Å². The third kappa shape index (κ3) is 5.97. The fourth-order valence-electron chi connectivity index (χ4n) is 10.7. The van der Waals surface area contributed by atoms with Gasteiger partial charge in [0.1, 0.15) is 22.3 Å². The molecule has 0 saturated heterocycles. The molecular weight excluding hydrogens is 875 g/mol. The van der Waals surface area contributed by atoms with Gasteiger partial charge in [-0.15, -0.1) is 11.3 Å². The standard InChI is InChI=1S/C64H37N3O2S/c1-2-12-44(13-3-1)67-54-21-7-4-14-47(54)52-36-42(32-34-55(52)67)43-33-35-58-53(37-43)60-63(70-58)59(40-28-24-38(25-29-40)45-17-10-19-50-48-15-5-8-22-56(48)68-61(45)50)65-64(66-60)41-30-26-39(27-31-41)46-18-11-20-51-49-16-6-9-23-57(49)69-62(46)51/h1-37H. The molecule has 0 N–H and O–H groups in total. The number of furan rings is 2. The van der Waals surface area contributed by atoms with Crippen LogP contribution in [0.3, 0.4) is 0 Å². The molecule has 0 unspecified atom stereocenters. The molecule has 15 aromatic rings. The van der Waals surface area contributed by atoms with Gasteiger partial charge in [-0.2, -0.15) is 0 Å². The number of hydrogen-bond donors (Lipinski definition) is 0. The van der Waals surface area contributed by atoms with Crippen LogP contribution in [0.5, 0.6) is 0 Å². The van der Waals surface area contributed by atoms with Gasteiger partial charge >= 0.3 is 0 Å². The van der Waals surface area contributed by atoms with Gasteiger partial charge in [-0.05, 0) is 76.9 Å². The Bertz CT molecular complexity index is 4580. The summed E-state index contributed by atoms with van der Waals surface area (Å²) in [5, 5.41) is 8.02. The summed E-state index contributed by atoms with van der Waals surface area (Å²) in [6.07, 6.45) is 0. The van der Waals surface area contributed by atoms with E-state index >= 15 is 0 Å². The lowest BCUT2D eigenvalue weighted by Gasteiger charge is -2.10. The monoisotopic (exact) mass is 911 g/mol. The molecule has 0 aliphatic rings. The molecule has 0 bridgehead atoms. The van der Waals surface area contributed by atoms with E-state index in [1.165, 1.54) is 21.8 Å². The van der Waals surface area contributed by atoms with Crippen LogP contribution in [0, 0.1) is 0 Å². The number of thiophene rings is 1. The number of aromatic nitrogens is 3. The molecule has 326 valence electrons. The van der Waals surface area contributed by atoms with Gasteiger partial charge in [0.15, 0.2) is 5.82 Å². The van der Waals surface area contributed by atoms with E-state index in [-0.39, 0.29) is 0 Å². The Morgan fingerprint density at radius 3 is 1.54 bits per heavy atom. The van der Waals surface area contributed by atoms with Crippen LogP contribution >= 0.6 is 11.3 Å². The van der Waals surface area contributed by atoms with Crippen molar-refractivity contribution in [3.63, 3.8) is 0 Å². The Kier molecular flexibility index (Phi) is 8.46. The summed E-state index contributed by atoms with van der Waals surface area (Å²) < 4.78 is 17.5. The molecule has 5 heterocycles. The predicted octanol–water partition coefficient (Wildman–Crippen LogP) is 18.1. The maximum Gasteiger partial charge on any atom is 0.160 e. The zero-order chi connectivity index (χ0) is 45.9. The molecule has 0 radical (unpaired) electrons. The molecule has 15 rings (SSSR count).